The summed E-state index contributed by atoms with van der Waals surface area (Å²) in [7, 11) is 1.38. The van der Waals surface area contributed by atoms with Crippen molar-refractivity contribution in [2.45, 2.75) is 25.7 Å². The van der Waals surface area contributed by atoms with E-state index >= 15 is 0 Å². The van der Waals surface area contributed by atoms with Crippen molar-refractivity contribution in [1.82, 2.24) is 15.3 Å². The van der Waals surface area contributed by atoms with Crippen molar-refractivity contribution >= 4 is 29.4 Å². The van der Waals surface area contributed by atoms with Gasteiger partial charge in [0.25, 0.3) is 5.91 Å². The van der Waals surface area contributed by atoms with Crippen LogP contribution in [0.2, 0.25) is 0 Å². The summed E-state index contributed by atoms with van der Waals surface area (Å²) in [4.78, 5) is 49.8. The van der Waals surface area contributed by atoms with Gasteiger partial charge >= 0.3 is 6.03 Å². The van der Waals surface area contributed by atoms with Crippen LogP contribution in [0.5, 0.6) is 0 Å². The number of rotatable bonds is 4. The Hall–Kier alpha value is -2.90. The quantitative estimate of drug-likeness (QED) is 0.820. The van der Waals surface area contributed by atoms with Gasteiger partial charge in [-0.15, -0.1) is 0 Å². The zero-order valence-corrected chi connectivity index (χ0v) is 14.2. The second-order valence-corrected chi connectivity index (χ2v) is 6.28. The molecule has 1 atom stereocenters. The molecule has 5 amide bonds. The SMILES string of the molecule is CC(=O)N1CC(CCC(=O)NN2CC(=O)N(C)C2=O)c2ccccc21. The van der Waals surface area contributed by atoms with Crippen LogP contribution in [-0.4, -0.2) is 53.8 Å². The molecule has 8 heteroatoms. The number of anilines is 1. The van der Waals surface area contributed by atoms with E-state index in [4.69, 9.17) is 0 Å². The van der Waals surface area contributed by atoms with E-state index in [1.54, 1.807) is 4.90 Å². The lowest BCUT2D eigenvalue weighted by Gasteiger charge is -2.17. The molecule has 0 aromatic heterocycles. The molecule has 1 aromatic carbocycles. The van der Waals surface area contributed by atoms with Gasteiger partial charge in [0, 0.05) is 38.5 Å². The number of para-hydroxylation sites is 1. The summed E-state index contributed by atoms with van der Waals surface area (Å²) >= 11 is 0. The van der Waals surface area contributed by atoms with Gasteiger partial charge in [-0.2, -0.15) is 0 Å². The molecule has 2 heterocycles. The van der Waals surface area contributed by atoms with Crippen molar-refractivity contribution in [2.24, 2.45) is 0 Å². The van der Waals surface area contributed by atoms with Crippen LogP contribution in [0.4, 0.5) is 10.5 Å². The van der Waals surface area contributed by atoms with Crippen LogP contribution in [0.3, 0.4) is 0 Å². The van der Waals surface area contributed by atoms with E-state index in [0.717, 1.165) is 21.2 Å². The molecule has 2 aliphatic heterocycles. The minimum absolute atomic E-state index is 0.0244. The van der Waals surface area contributed by atoms with Gasteiger partial charge in [0.1, 0.15) is 6.54 Å². The molecule has 8 nitrogen and oxygen atoms in total. The predicted molar refractivity (Wildman–Crippen MR) is 89.5 cm³/mol. The summed E-state index contributed by atoms with van der Waals surface area (Å²) in [5, 5.41) is 1.02. The number of hydrazine groups is 1. The van der Waals surface area contributed by atoms with Gasteiger partial charge < -0.3 is 4.90 Å². The Balaban J connectivity index is 1.59. The summed E-state index contributed by atoms with van der Waals surface area (Å²) in [6.07, 6.45) is 0.755. The van der Waals surface area contributed by atoms with Crippen LogP contribution in [0.25, 0.3) is 0 Å². The molecule has 2 aliphatic rings. The Bertz CT molecular complexity index is 748. The first-order valence-corrected chi connectivity index (χ1v) is 8.13. The molecule has 3 rings (SSSR count). The van der Waals surface area contributed by atoms with Crippen molar-refractivity contribution in [3.05, 3.63) is 29.8 Å². The van der Waals surface area contributed by atoms with Gasteiger partial charge in [-0.05, 0) is 18.1 Å². The monoisotopic (exact) mass is 344 g/mol. The van der Waals surface area contributed by atoms with E-state index in [1.165, 1.54) is 14.0 Å². The molecule has 0 saturated carbocycles. The highest BCUT2D eigenvalue weighted by Gasteiger charge is 2.35. The number of carbonyl (C=O) groups is 4. The lowest BCUT2D eigenvalue weighted by molar-refractivity contribution is -0.126. The number of hydrogen-bond donors (Lipinski definition) is 1. The second-order valence-electron chi connectivity index (χ2n) is 6.28. The Morgan fingerprint density at radius 1 is 1.24 bits per heavy atom. The molecule has 132 valence electrons. The number of carbonyl (C=O) groups excluding carboxylic acids is 4. The molecule has 1 unspecified atom stereocenters. The van der Waals surface area contributed by atoms with Gasteiger partial charge in [-0.1, -0.05) is 18.2 Å². The van der Waals surface area contributed by atoms with Crippen LogP contribution in [0.1, 0.15) is 31.2 Å². The number of hydrogen-bond acceptors (Lipinski definition) is 4. The second kappa shape index (κ2) is 6.54. The number of fused-ring (bicyclic) bond motifs is 1. The zero-order chi connectivity index (χ0) is 18.1. The van der Waals surface area contributed by atoms with Gasteiger partial charge in [0.05, 0.1) is 0 Å². The molecule has 1 aromatic rings. The van der Waals surface area contributed by atoms with E-state index in [0.29, 0.717) is 13.0 Å². The maximum Gasteiger partial charge on any atom is 0.345 e. The lowest BCUT2D eigenvalue weighted by atomic mass is 9.96. The van der Waals surface area contributed by atoms with Gasteiger partial charge in [-0.25, -0.2) is 9.80 Å². The first-order valence-electron chi connectivity index (χ1n) is 8.13. The summed E-state index contributed by atoms with van der Waals surface area (Å²) in [6, 6.07) is 7.14. The molecule has 0 spiro atoms. The molecule has 1 fully saturated rings. The van der Waals surface area contributed by atoms with Crippen molar-refractivity contribution < 1.29 is 19.2 Å². The van der Waals surface area contributed by atoms with E-state index in [1.807, 2.05) is 24.3 Å². The highest BCUT2D eigenvalue weighted by molar-refractivity contribution is 6.02. The average Bonchev–Trinajstić information content (AvgIpc) is 3.07. The number of nitrogens with zero attached hydrogens (tertiary/aromatic N) is 3. The third-order valence-corrected chi connectivity index (χ3v) is 4.62. The Morgan fingerprint density at radius 3 is 2.60 bits per heavy atom. The van der Waals surface area contributed by atoms with Crippen LogP contribution in [0.15, 0.2) is 24.3 Å². The topological polar surface area (TPSA) is 90.0 Å². The fraction of sp³-hybridized carbons (Fsp3) is 0.412. The average molecular weight is 344 g/mol. The fourth-order valence-electron chi connectivity index (χ4n) is 3.24. The van der Waals surface area contributed by atoms with Gasteiger partial charge in [-0.3, -0.25) is 24.7 Å². The molecule has 0 radical (unpaired) electrons. The molecular formula is C17H20N4O4. The molecule has 25 heavy (non-hydrogen) atoms. The first kappa shape index (κ1) is 16.9. The predicted octanol–water partition coefficient (Wildman–Crippen LogP) is 0.842. The number of imide groups is 1. The molecule has 0 bridgehead atoms. The number of benzene rings is 1. The van der Waals surface area contributed by atoms with Crippen molar-refractivity contribution in [3.63, 3.8) is 0 Å². The minimum atomic E-state index is -0.535. The van der Waals surface area contributed by atoms with Crippen LogP contribution in [-0.2, 0) is 14.4 Å². The Kier molecular flexibility index (Phi) is 4.43. The molecule has 1 saturated heterocycles. The molecule has 1 N–H and O–H groups in total. The van der Waals surface area contributed by atoms with E-state index in [2.05, 4.69) is 5.43 Å². The minimum Gasteiger partial charge on any atom is -0.312 e. The molecular weight excluding hydrogens is 324 g/mol. The zero-order valence-electron chi connectivity index (χ0n) is 14.2. The van der Waals surface area contributed by atoms with E-state index in [9.17, 15) is 19.2 Å². The maximum absolute atomic E-state index is 12.1. The summed E-state index contributed by atoms with van der Waals surface area (Å²) < 4.78 is 0. The summed E-state index contributed by atoms with van der Waals surface area (Å²) in [5.74, 6) is -0.629. The molecule has 0 aliphatic carbocycles. The third kappa shape index (κ3) is 3.19. The third-order valence-electron chi connectivity index (χ3n) is 4.62. The van der Waals surface area contributed by atoms with Crippen molar-refractivity contribution in [3.8, 4) is 0 Å². The first-order chi connectivity index (χ1) is 11.9. The highest BCUT2D eigenvalue weighted by atomic mass is 16.2. The van der Waals surface area contributed by atoms with Crippen LogP contribution < -0.4 is 10.3 Å². The summed E-state index contributed by atoms with van der Waals surface area (Å²) in [5.41, 5.74) is 4.42. The number of likely N-dealkylation sites (N-methyl/N-ethyl adjacent to an activating group) is 1. The Labute approximate surface area is 145 Å². The van der Waals surface area contributed by atoms with E-state index in [-0.39, 0.29) is 36.6 Å². The number of urea groups is 1. The largest absolute Gasteiger partial charge is 0.345 e. The van der Waals surface area contributed by atoms with E-state index < -0.39 is 6.03 Å². The standard InChI is InChI=1S/C17H20N4O4/c1-11(22)20-9-12(13-5-3-4-6-14(13)20)7-8-15(23)18-21-10-16(24)19(2)17(21)25/h3-6,12H,7-10H2,1-2H3,(H,18,23). The summed E-state index contributed by atoms with van der Waals surface area (Å²) in [6.45, 7) is 1.93. The van der Waals surface area contributed by atoms with Gasteiger partial charge in [0.2, 0.25) is 11.8 Å². The Morgan fingerprint density at radius 2 is 1.96 bits per heavy atom. The number of nitrogens with one attached hydrogen (secondary N) is 1. The number of amides is 5. The maximum atomic E-state index is 12.1. The van der Waals surface area contributed by atoms with Crippen LogP contribution in [0, 0.1) is 0 Å². The lowest BCUT2D eigenvalue weighted by Crippen LogP contribution is -2.44. The van der Waals surface area contributed by atoms with Crippen molar-refractivity contribution in [2.75, 3.05) is 25.0 Å². The normalized spacial score (nSPS) is 19.4. The fourth-order valence-corrected chi connectivity index (χ4v) is 3.24. The van der Waals surface area contributed by atoms with Crippen LogP contribution >= 0.6 is 0 Å². The highest BCUT2D eigenvalue weighted by Crippen LogP contribution is 2.38. The van der Waals surface area contributed by atoms with Crippen molar-refractivity contribution in [1.29, 1.82) is 0 Å². The smallest absolute Gasteiger partial charge is 0.312 e. The van der Waals surface area contributed by atoms with Gasteiger partial charge in [0.15, 0.2) is 0 Å².